The van der Waals surface area contributed by atoms with E-state index in [1.54, 1.807) is 0 Å². The van der Waals surface area contributed by atoms with E-state index in [2.05, 4.69) is 38.6 Å². The summed E-state index contributed by atoms with van der Waals surface area (Å²) in [4.78, 5) is 0. The van der Waals surface area contributed by atoms with Gasteiger partial charge in [-0.15, -0.1) is 0 Å². The van der Waals surface area contributed by atoms with Crippen LogP contribution >= 0.6 is 11.6 Å². The van der Waals surface area contributed by atoms with Crippen LogP contribution in [0.1, 0.15) is 30.9 Å². The molecule has 0 spiro atoms. The molecule has 0 saturated carbocycles. The van der Waals surface area contributed by atoms with Crippen LogP contribution in [0.15, 0.2) is 29.8 Å². The average Bonchev–Trinajstić information content (AvgIpc) is 2.16. The van der Waals surface area contributed by atoms with Crippen molar-refractivity contribution in [2.45, 2.75) is 26.7 Å². The van der Waals surface area contributed by atoms with Crippen LogP contribution in [0.4, 0.5) is 0 Å². The third-order valence-corrected chi connectivity index (χ3v) is 2.37. The van der Waals surface area contributed by atoms with Gasteiger partial charge in [0, 0.05) is 5.03 Å². The maximum Gasteiger partial charge on any atom is 0.123 e. The molecule has 0 fully saturated rings. The molecule has 82 valence electrons. The SMILES string of the molecule is C=C(Cl)COc1cc(C(C)C)ccc1C. The smallest absolute Gasteiger partial charge is 0.123 e. The highest BCUT2D eigenvalue weighted by atomic mass is 35.5. The lowest BCUT2D eigenvalue weighted by Crippen LogP contribution is -1.99. The van der Waals surface area contributed by atoms with Gasteiger partial charge in [0.25, 0.3) is 0 Å². The van der Waals surface area contributed by atoms with Gasteiger partial charge >= 0.3 is 0 Å². The van der Waals surface area contributed by atoms with Crippen molar-refractivity contribution in [1.82, 2.24) is 0 Å². The Bertz CT molecular complexity index is 356. The molecular weight excluding hydrogens is 208 g/mol. The number of hydrogen-bond donors (Lipinski definition) is 0. The molecule has 0 aromatic heterocycles. The Balaban J connectivity index is 2.85. The fourth-order valence-electron chi connectivity index (χ4n) is 1.29. The number of benzene rings is 1. The molecule has 0 aliphatic carbocycles. The van der Waals surface area contributed by atoms with Gasteiger partial charge < -0.3 is 4.74 Å². The van der Waals surface area contributed by atoms with Crippen molar-refractivity contribution in [2.24, 2.45) is 0 Å². The van der Waals surface area contributed by atoms with Crippen molar-refractivity contribution in [1.29, 1.82) is 0 Å². The molecule has 1 nitrogen and oxygen atoms in total. The van der Waals surface area contributed by atoms with E-state index in [1.165, 1.54) is 5.56 Å². The predicted octanol–water partition coefficient (Wildman–Crippen LogP) is 4.25. The van der Waals surface area contributed by atoms with Crippen LogP contribution in [0.5, 0.6) is 5.75 Å². The Morgan fingerprint density at radius 1 is 1.47 bits per heavy atom. The van der Waals surface area contributed by atoms with E-state index in [-0.39, 0.29) is 0 Å². The third-order valence-electron chi connectivity index (χ3n) is 2.26. The van der Waals surface area contributed by atoms with Crippen LogP contribution in [0.3, 0.4) is 0 Å². The van der Waals surface area contributed by atoms with Crippen LogP contribution in [-0.2, 0) is 0 Å². The quantitative estimate of drug-likeness (QED) is 0.743. The molecule has 0 aliphatic rings. The van der Waals surface area contributed by atoms with Gasteiger partial charge in [-0.05, 0) is 30.0 Å². The lowest BCUT2D eigenvalue weighted by molar-refractivity contribution is 0.356. The lowest BCUT2D eigenvalue weighted by atomic mass is 10.0. The molecule has 0 heterocycles. The van der Waals surface area contributed by atoms with Gasteiger partial charge in [0.15, 0.2) is 0 Å². The van der Waals surface area contributed by atoms with Crippen LogP contribution in [0.2, 0.25) is 0 Å². The zero-order chi connectivity index (χ0) is 11.4. The Morgan fingerprint density at radius 3 is 2.67 bits per heavy atom. The number of hydrogen-bond acceptors (Lipinski definition) is 1. The molecule has 15 heavy (non-hydrogen) atoms. The van der Waals surface area contributed by atoms with Crippen molar-refractivity contribution >= 4 is 11.6 Å². The second-order valence-corrected chi connectivity index (χ2v) is 4.52. The summed E-state index contributed by atoms with van der Waals surface area (Å²) in [6.07, 6.45) is 0. The highest BCUT2D eigenvalue weighted by molar-refractivity contribution is 6.29. The molecule has 0 saturated heterocycles. The van der Waals surface area contributed by atoms with Crippen molar-refractivity contribution < 1.29 is 4.74 Å². The largest absolute Gasteiger partial charge is 0.488 e. The number of ether oxygens (including phenoxy) is 1. The van der Waals surface area contributed by atoms with Crippen molar-refractivity contribution in [3.63, 3.8) is 0 Å². The molecule has 0 aliphatic heterocycles. The van der Waals surface area contributed by atoms with Crippen molar-refractivity contribution in [2.75, 3.05) is 6.61 Å². The van der Waals surface area contributed by atoms with Gasteiger partial charge in [-0.1, -0.05) is 44.2 Å². The summed E-state index contributed by atoms with van der Waals surface area (Å²) >= 11 is 5.66. The summed E-state index contributed by atoms with van der Waals surface area (Å²) in [5.41, 5.74) is 2.40. The van der Waals surface area contributed by atoms with Crippen LogP contribution < -0.4 is 4.74 Å². The first kappa shape index (κ1) is 12.1. The maximum absolute atomic E-state index is 5.66. The fraction of sp³-hybridized carbons (Fsp3) is 0.385. The standard InChI is InChI=1S/C13H17ClO/c1-9(2)12-6-5-10(3)13(7-12)15-8-11(4)14/h5-7,9H,4,8H2,1-3H3. The van der Waals surface area contributed by atoms with Crippen molar-refractivity contribution in [3.05, 3.63) is 40.9 Å². The third kappa shape index (κ3) is 3.60. The molecule has 0 bridgehead atoms. The van der Waals surface area contributed by atoms with E-state index in [4.69, 9.17) is 16.3 Å². The first-order valence-corrected chi connectivity index (χ1v) is 5.45. The molecule has 0 N–H and O–H groups in total. The average molecular weight is 225 g/mol. The van der Waals surface area contributed by atoms with Gasteiger partial charge in [0.2, 0.25) is 0 Å². The van der Waals surface area contributed by atoms with Gasteiger partial charge in [0.1, 0.15) is 12.4 Å². The van der Waals surface area contributed by atoms with Crippen molar-refractivity contribution in [3.8, 4) is 5.75 Å². The molecule has 0 atom stereocenters. The summed E-state index contributed by atoms with van der Waals surface area (Å²) in [7, 11) is 0. The molecule has 1 aromatic carbocycles. The molecule has 2 heteroatoms. The van der Waals surface area contributed by atoms with E-state index in [0.29, 0.717) is 17.6 Å². The Hall–Kier alpha value is -0.950. The Morgan fingerprint density at radius 2 is 2.13 bits per heavy atom. The summed E-state index contributed by atoms with van der Waals surface area (Å²) in [5.74, 6) is 1.40. The van der Waals surface area contributed by atoms with E-state index >= 15 is 0 Å². The zero-order valence-electron chi connectivity index (χ0n) is 9.51. The first-order chi connectivity index (χ1) is 7.00. The molecule has 0 radical (unpaired) electrons. The summed E-state index contributed by atoms with van der Waals surface area (Å²) in [5, 5.41) is 0.518. The minimum atomic E-state index is 0.365. The van der Waals surface area contributed by atoms with E-state index in [0.717, 1.165) is 11.3 Å². The van der Waals surface area contributed by atoms with E-state index in [9.17, 15) is 0 Å². The van der Waals surface area contributed by atoms with Crippen LogP contribution in [-0.4, -0.2) is 6.61 Å². The van der Waals surface area contributed by atoms with Gasteiger partial charge in [-0.25, -0.2) is 0 Å². The lowest BCUT2D eigenvalue weighted by Gasteiger charge is -2.12. The summed E-state index contributed by atoms with van der Waals surface area (Å²) in [6.45, 7) is 10.3. The highest BCUT2D eigenvalue weighted by Gasteiger charge is 2.04. The van der Waals surface area contributed by atoms with Gasteiger partial charge in [0.05, 0.1) is 0 Å². The van der Waals surface area contributed by atoms with Crippen LogP contribution in [0, 0.1) is 6.92 Å². The normalized spacial score (nSPS) is 10.5. The predicted molar refractivity (Wildman–Crippen MR) is 65.8 cm³/mol. The monoisotopic (exact) mass is 224 g/mol. The van der Waals surface area contributed by atoms with E-state index in [1.807, 2.05) is 6.92 Å². The molecule has 1 aromatic rings. The Kier molecular flexibility index (Phi) is 4.22. The summed E-state index contributed by atoms with van der Waals surface area (Å²) in [6, 6.07) is 6.27. The number of halogens is 1. The van der Waals surface area contributed by atoms with Gasteiger partial charge in [-0.3, -0.25) is 0 Å². The van der Waals surface area contributed by atoms with Crippen LogP contribution in [0.25, 0.3) is 0 Å². The minimum absolute atomic E-state index is 0.365. The number of aryl methyl sites for hydroxylation is 1. The topological polar surface area (TPSA) is 9.23 Å². The number of rotatable bonds is 4. The molecule has 1 rings (SSSR count). The van der Waals surface area contributed by atoms with E-state index < -0.39 is 0 Å². The minimum Gasteiger partial charge on any atom is -0.488 e. The first-order valence-electron chi connectivity index (χ1n) is 5.07. The van der Waals surface area contributed by atoms with Gasteiger partial charge in [-0.2, -0.15) is 0 Å². The molecule has 0 amide bonds. The maximum atomic E-state index is 5.66. The second kappa shape index (κ2) is 5.22. The fourth-order valence-corrected chi connectivity index (χ4v) is 1.34. The Labute approximate surface area is 96.7 Å². The highest BCUT2D eigenvalue weighted by Crippen LogP contribution is 2.24. The zero-order valence-corrected chi connectivity index (χ0v) is 10.3. The molecule has 0 unspecified atom stereocenters. The molecular formula is C13H17ClO. The second-order valence-electron chi connectivity index (χ2n) is 3.99. The summed E-state index contributed by atoms with van der Waals surface area (Å²) < 4.78 is 5.56.